The van der Waals surface area contributed by atoms with Crippen LogP contribution in [0.3, 0.4) is 0 Å². The number of methoxy groups -OCH3 is 1. The molecule has 1 aliphatic heterocycles. The number of imide groups is 1. The smallest absolute Gasteiger partial charge is 0.238 e. The monoisotopic (exact) mass is 467 g/mol. The number of hydrogen-bond acceptors (Lipinski definition) is 3. The van der Waals surface area contributed by atoms with E-state index in [0.29, 0.717) is 16.5 Å². The van der Waals surface area contributed by atoms with Crippen LogP contribution < -0.4 is 9.64 Å². The molecule has 3 aromatic carbocycles. The van der Waals surface area contributed by atoms with E-state index in [1.54, 1.807) is 18.2 Å². The first-order valence-electron chi connectivity index (χ1n) is 11.3. The maximum Gasteiger partial charge on any atom is 0.238 e. The normalized spacial score (nSPS) is 24.6. The van der Waals surface area contributed by atoms with E-state index in [-0.39, 0.29) is 23.7 Å². The van der Waals surface area contributed by atoms with Crippen LogP contribution >= 0.6 is 11.6 Å². The summed E-state index contributed by atoms with van der Waals surface area (Å²) in [5.74, 6) is -1.03. The van der Waals surface area contributed by atoms with Crippen molar-refractivity contribution in [2.75, 3.05) is 12.0 Å². The molecule has 2 bridgehead atoms. The molecule has 1 saturated carbocycles. The second-order valence-electron chi connectivity index (χ2n) is 8.88. The minimum atomic E-state index is -0.427. The number of halogens is 1. The Morgan fingerprint density at radius 1 is 0.794 bits per heavy atom. The quantitative estimate of drug-likeness (QED) is 0.361. The van der Waals surface area contributed by atoms with Crippen LogP contribution in [0, 0.1) is 23.7 Å². The molecule has 2 amide bonds. The van der Waals surface area contributed by atoms with Gasteiger partial charge in [0.15, 0.2) is 0 Å². The van der Waals surface area contributed by atoms with Gasteiger partial charge in [0.1, 0.15) is 5.75 Å². The number of benzene rings is 3. The molecule has 0 spiro atoms. The zero-order valence-electron chi connectivity index (χ0n) is 18.5. The molecule has 4 atom stereocenters. The molecule has 168 valence electrons. The standard InChI is InChI=1S/C29H22ClNO3/c1-34-23-15-12-19(30)16-22(23)31-28(32)26-20-13-14-21(27(26)29(31)33)25(20)24(17-8-4-2-5-9-17)18-10-6-3-7-11-18/h2-16,20-21,26-27H,1H3/t20-,21-,26+,27+/m1/s1. The van der Waals surface area contributed by atoms with E-state index >= 15 is 0 Å². The van der Waals surface area contributed by atoms with Crippen molar-refractivity contribution in [2.45, 2.75) is 0 Å². The average Bonchev–Trinajstić information content (AvgIpc) is 3.50. The minimum Gasteiger partial charge on any atom is -0.495 e. The van der Waals surface area contributed by atoms with Crippen molar-refractivity contribution in [1.82, 2.24) is 0 Å². The fraction of sp³-hybridized carbons (Fsp3) is 0.172. The van der Waals surface area contributed by atoms with Gasteiger partial charge in [-0.1, -0.05) is 84.4 Å². The van der Waals surface area contributed by atoms with E-state index in [9.17, 15) is 9.59 Å². The Labute approximate surface area is 203 Å². The average molecular weight is 468 g/mol. The molecule has 2 fully saturated rings. The summed E-state index contributed by atoms with van der Waals surface area (Å²) in [4.78, 5) is 28.8. The summed E-state index contributed by atoms with van der Waals surface area (Å²) in [5.41, 5.74) is 4.87. The van der Waals surface area contributed by atoms with Crippen molar-refractivity contribution in [3.05, 3.63) is 113 Å². The molecule has 0 N–H and O–H groups in total. The summed E-state index contributed by atoms with van der Waals surface area (Å²) in [6.45, 7) is 0. The number of amides is 2. The second-order valence-corrected chi connectivity index (χ2v) is 9.31. The van der Waals surface area contributed by atoms with E-state index in [4.69, 9.17) is 16.3 Å². The van der Waals surface area contributed by atoms with E-state index in [1.165, 1.54) is 12.0 Å². The molecular weight excluding hydrogens is 446 g/mol. The Kier molecular flexibility index (Phi) is 4.93. The predicted octanol–water partition coefficient (Wildman–Crippen LogP) is 5.77. The van der Waals surface area contributed by atoms with E-state index in [2.05, 4.69) is 36.4 Å². The number of fused-ring (bicyclic) bond motifs is 5. The molecule has 1 heterocycles. The molecule has 1 saturated heterocycles. The third-order valence-corrected chi connectivity index (χ3v) is 7.45. The maximum atomic E-state index is 13.8. The summed E-state index contributed by atoms with van der Waals surface area (Å²) >= 11 is 6.21. The van der Waals surface area contributed by atoms with Crippen molar-refractivity contribution in [3.8, 4) is 5.75 Å². The molecule has 0 radical (unpaired) electrons. The Bertz CT molecular complexity index is 1290. The molecule has 6 rings (SSSR count). The topological polar surface area (TPSA) is 46.6 Å². The zero-order valence-corrected chi connectivity index (χ0v) is 19.3. The lowest BCUT2D eigenvalue weighted by atomic mass is 9.85. The Morgan fingerprint density at radius 3 is 1.82 bits per heavy atom. The van der Waals surface area contributed by atoms with Crippen LogP contribution in [-0.2, 0) is 9.59 Å². The first kappa shape index (κ1) is 20.9. The van der Waals surface area contributed by atoms with Crippen LogP contribution in [0.5, 0.6) is 5.75 Å². The first-order valence-corrected chi connectivity index (χ1v) is 11.7. The van der Waals surface area contributed by atoms with Crippen LogP contribution in [0.4, 0.5) is 5.69 Å². The van der Waals surface area contributed by atoms with Crippen LogP contribution in [0.2, 0.25) is 5.02 Å². The highest BCUT2D eigenvalue weighted by molar-refractivity contribution is 6.31. The molecule has 3 aliphatic rings. The molecule has 34 heavy (non-hydrogen) atoms. The van der Waals surface area contributed by atoms with Crippen molar-refractivity contribution < 1.29 is 14.3 Å². The minimum absolute atomic E-state index is 0.128. The summed E-state index contributed by atoms with van der Waals surface area (Å²) in [5, 5.41) is 0.450. The van der Waals surface area contributed by atoms with Crippen molar-refractivity contribution in [3.63, 3.8) is 0 Å². The number of hydrogen-bond donors (Lipinski definition) is 0. The van der Waals surface area contributed by atoms with E-state index in [0.717, 1.165) is 22.3 Å². The summed E-state index contributed by atoms with van der Waals surface area (Å²) in [7, 11) is 1.52. The lowest BCUT2D eigenvalue weighted by molar-refractivity contribution is -0.123. The second kappa shape index (κ2) is 8.00. The number of ether oxygens (including phenoxy) is 1. The molecule has 0 unspecified atom stereocenters. The van der Waals surface area contributed by atoms with Gasteiger partial charge in [0, 0.05) is 16.9 Å². The zero-order chi connectivity index (χ0) is 23.4. The van der Waals surface area contributed by atoms with Crippen molar-refractivity contribution in [2.24, 2.45) is 23.7 Å². The number of carbonyl (C=O) groups excluding carboxylic acids is 2. The third-order valence-electron chi connectivity index (χ3n) is 7.21. The molecule has 0 aromatic heterocycles. The summed E-state index contributed by atoms with van der Waals surface area (Å²) in [6, 6.07) is 25.5. The lowest BCUT2D eigenvalue weighted by Crippen LogP contribution is -2.33. The molecule has 3 aromatic rings. The number of anilines is 1. The summed E-state index contributed by atoms with van der Waals surface area (Å²) in [6.07, 6.45) is 4.22. The van der Waals surface area contributed by atoms with Gasteiger partial charge < -0.3 is 4.74 Å². The number of rotatable bonds is 4. The number of carbonyl (C=O) groups is 2. The Balaban J connectivity index is 1.49. The maximum absolute atomic E-state index is 13.8. The van der Waals surface area contributed by atoms with Gasteiger partial charge in [0.05, 0.1) is 24.6 Å². The van der Waals surface area contributed by atoms with Gasteiger partial charge in [0.25, 0.3) is 0 Å². The fourth-order valence-electron chi connectivity index (χ4n) is 5.88. The largest absolute Gasteiger partial charge is 0.495 e. The SMILES string of the molecule is COc1ccc(Cl)cc1N1C(=O)[C@@H]2[C@@H](C1=O)[C@@H]1C=C[C@@H]2C1=C(c1ccccc1)c1ccccc1. The summed E-state index contributed by atoms with van der Waals surface area (Å²) < 4.78 is 5.45. The molecular formula is C29H22ClNO3. The van der Waals surface area contributed by atoms with Gasteiger partial charge in [-0.15, -0.1) is 0 Å². The molecule has 2 aliphatic carbocycles. The lowest BCUT2D eigenvalue weighted by Gasteiger charge is -2.22. The predicted molar refractivity (Wildman–Crippen MR) is 133 cm³/mol. The van der Waals surface area contributed by atoms with Gasteiger partial charge in [-0.2, -0.15) is 0 Å². The highest BCUT2D eigenvalue weighted by Gasteiger charge is 2.62. The number of nitrogens with zero attached hydrogens (tertiary/aromatic N) is 1. The van der Waals surface area contributed by atoms with Gasteiger partial charge in [-0.05, 0) is 40.5 Å². The van der Waals surface area contributed by atoms with Gasteiger partial charge >= 0.3 is 0 Å². The highest BCUT2D eigenvalue weighted by Crippen LogP contribution is 2.59. The van der Waals surface area contributed by atoms with Crippen LogP contribution in [0.25, 0.3) is 5.57 Å². The fourth-order valence-corrected chi connectivity index (χ4v) is 6.05. The Hall–Kier alpha value is -3.63. The highest BCUT2D eigenvalue weighted by atomic mass is 35.5. The molecule has 4 nitrogen and oxygen atoms in total. The van der Waals surface area contributed by atoms with E-state index in [1.807, 2.05) is 36.4 Å². The van der Waals surface area contributed by atoms with Gasteiger partial charge in [0.2, 0.25) is 11.8 Å². The van der Waals surface area contributed by atoms with Crippen LogP contribution in [0.1, 0.15) is 11.1 Å². The van der Waals surface area contributed by atoms with E-state index < -0.39 is 11.8 Å². The number of allylic oxidation sites excluding steroid dienone is 3. The van der Waals surface area contributed by atoms with Gasteiger partial charge in [-0.3, -0.25) is 9.59 Å². The van der Waals surface area contributed by atoms with Crippen molar-refractivity contribution >= 4 is 34.7 Å². The first-order chi connectivity index (χ1) is 16.6. The Morgan fingerprint density at radius 2 is 1.32 bits per heavy atom. The van der Waals surface area contributed by atoms with Crippen LogP contribution in [0.15, 0.2) is 96.6 Å². The van der Waals surface area contributed by atoms with Crippen molar-refractivity contribution in [1.29, 1.82) is 0 Å². The third kappa shape index (κ3) is 2.99. The molecule has 5 heteroatoms. The van der Waals surface area contributed by atoms with Crippen LogP contribution in [-0.4, -0.2) is 18.9 Å². The van der Waals surface area contributed by atoms with Gasteiger partial charge in [-0.25, -0.2) is 4.90 Å².